The van der Waals surface area contributed by atoms with Crippen LogP contribution >= 0.6 is 0 Å². The third-order valence-corrected chi connectivity index (χ3v) is 4.49. The van der Waals surface area contributed by atoms with Crippen LogP contribution in [0.4, 0.5) is 18.9 Å². The van der Waals surface area contributed by atoms with E-state index in [1.165, 1.54) is 19.2 Å². The topological polar surface area (TPSA) is 72.0 Å². The number of aliphatic imine (C=N–C) groups is 1. The summed E-state index contributed by atoms with van der Waals surface area (Å²) in [5, 5.41) is 5.40. The predicted octanol–water partition coefficient (Wildman–Crippen LogP) is 4.09. The lowest BCUT2D eigenvalue weighted by Gasteiger charge is -2.15. The molecule has 0 radical (unpaired) electrons. The van der Waals surface area contributed by atoms with Crippen molar-refractivity contribution >= 4 is 17.6 Å². The van der Waals surface area contributed by atoms with Crippen molar-refractivity contribution in [2.24, 2.45) is 4.99 Å². The van der Waals surface area contributed by atoms with Crippen LogP contribution in [-0.2, 0) is 10.9 Å². The van der Waals surface area contributed by atoms with Gasteiger partial charge in [0, 0.05) is 17.9 Å². The summed E-state index contributed by atoms with van der Waals surface area (Å²) in [5.41, 5.74) is -0.322. The second-order valence-corrected chi connectivity index (χ2v) is 6.71. The maximum absolute atomic E-state index is 13.0. The van der Waals surface area contributed by atoms with Crippen molar-refractivity contribution in [2.75, 3.05) is 25.6 Å². The smallest absolute Gasteiger partial charge is 0.416 e. The molecule has 30 heavy (non-hydrogen) atoms. The van der Waals surface area contributed by atoms with E-state index in [1.54, 1.807) is 24.3 Å². The summed E-state index contributed by atoms with van der Waals surface area (Å²) < 4.78 is 49.7. The number of nitrogens with zero attached hydrogens (tertiary/aromatic N) is 1. The van der Waals surface area contributed by atoms with Gasteiger partial charge < -0.3 is 14.8 Å². The zero-order valence-electron chi connectivity index (χ0n) is 16.3. The van der Waals surface area contributed by atoms with Crippen molar-refractivity contribution in [1.82, 2.24) is 5.32 Å². The molecule has 0 spiro atoms. The monoisotopic (exact) mass is 421 g/mol. The van der Waals surface area contributed by atoms with Crippen LogP contribution in [0.3, 0.4) is 0 Å². The summed E-state index contributed by atoms with van der Waals surface area (Å²) >= 11 is 0. The van der Waals surface area contributed by atoms with Crippen molar-refractivity contribution < 1.29 is 27.4 Å². The fourth-order valence-electron chi connectivity index (χ4n) is 2.95. The van der Waals surface area contributed by atoms with Crippen molar-refractivity contribution in [3.63, 3.8) is 0 Å². The molecule has 6 nitrogen and oxygen atoms in total. The third kappa shape index (κ3) is 5.96. The van der Waals surface area contributed by atoms with Crippen molar-refractivity contribution in [3.05, 3.63) is 59.7 Å². The highest BCUT2D eigenvalue weighted by molar-refractivity contribution is 6.10. The van der Waals surface area contributed by atoms with Crippen LogP contribution in [0.2, 0.25) is 0 Å². The highest BCUT2D eigenvalue weighted by Crippen LogP contribution is 2.30. The van der Waals surface area contributed by atoms with Crippen LogP contribution < -0.4 is 15.4 Å². The number of anilines is 1. The van der Waals surface area contributed by atoms with Crippen LogP contribution in [0.5, 0.6) is 5.75 Å². The zero-order chi connectivity index (χ0) is 21.6. The van der Waals surface area contributed by atoms with Gasteiger partial charge in [0.2, 0.25) is 5.96 Å². The number of ether oxygens (including phenoxy) is 2. The Bertz CT molecular complexity index is 910. The number of methoxy groups -OCH3 is 1. The summed E-state index contributed by atoms with van der Waals surface area (Å²) in [7, 11) is 1.49. The molecule has 1 heterocycles. The van der Waals surface area contributed by atoms with Gasteiger partial charge in [0.1, 0.15) is 5.75 Å². The zero-order valence-corrected chi connectivity index (χ0v) is 16.3. The first kappa shape index (κ1) is 21.6. The SMILES string of the molecule is COc1cccc(C(=O)NC(=NC[C@H]2CCCO2)Nc2cccc(C(F)(F)F)c2)c1. The van der Waals surface area contributed by atoms with Gasteiger partial charge in [0.15, 0.2) is 0 Å². The molecular formula is C21H22F3N3O3. The summed E-state index contributed by atoms with van der Waals surface area (Å²) in [6.07, 6.45) is -2.80. The van der Waals surface area contributed by atoms with Crippen LogP contribution in [0.1, 0.15) is 28.8 Å². The number of benzene rings is 2. The third-order valence-electron chi connectivity index (χ3n) is 4.49. The van der Waals surface area contributed by atoms with E-state index < -0.39 is 17.6 Å². The molecule has 0 aliphatic carbocycles. The number of rotatable bonds is 5. The Kier molecular flexibility index (Phi) is 6.94. The maximum atomic E-state index is 13.0. The normalized spacial score (nSPS) is 16.9. The molecule has 2 N–H and O–H groups in total. The molecule has 0 aromatic heterocycles. The molecule has 1 aliphatic rings. The first-order chi connectivity index (χ1) is 14.3. The van der Waals surface area contributed by atoms with Gasteiger partial charge in [-0.15, -0.1) is 0 Å². The Hall–Kier alpha value is -3.07. The van der Waals surface area contributed by atoms with Crippen LogP contribution in [0, 0.1) is 0 Å². The molecule has 1 aliphatic heterocycles. The van der Waals surface area contributed by atoms with Crippen molar-refractivity contribution in [2.45, 2.75) is 25.1 Å². The van der Waals surface area contributed by atoms with Gasteiger partial charge in [-0.1, -0.05) is 12.1 Å². The highest BCUT2D eigenvalue weighted by Gasteiger charge is 2.30. The molecule has 0 saturated carbocycles. The van der Waals surface area contributed by atoms with E-state index in [-0.39, 0.29) is 24.3 Å². The van der Waals surface area contributed by atoms with E-state index in [0.717, 1.165) is 25.0 Å². The molecule has 3 rings (SSSR count). The van der Waals surface area contributed by atoms with Crippen molar-refractivity contribution in [3.8, 4) is 5.75 Å². The van der Waals surface area contributed by atoms with Gasteiger partial charge in [0.25, 0.3) is 5.91 Å². The maximum Gasteiger partial charge on any atom is 0.416 e. The molecule has 2 aromatic rings. The van der Waals surface area contributed by atoms with Gasteiger partial charge in [-0.05, 0) is 49.2 Å². The minimum Gasteiger partial charge on any atom is -0.497 e. The summed E-state index contributed by atoms with van der Waals surface area (Å²) in [4.78, 5) is 17.0. The standard InChI is InChI=1S/C21H22F3N3O3/c1-29-17-8-2-5-14(11-17)19(28)27-20(25-13-18-9-4-10-30-18)26-16-7-3-6-15(12-16)21(22,23)24/h2-3,5-8,11-12,18H,4,9-10,13H2,1H3,(H2,25,26,27,28)/t18-/m1/s1. The number of hydrogen-bond acceptors (Lipinski definition) is 4. The van der Waals surface area contributed by atoms with Gasteiger partial charge >= 0.3 is 6.18 Å². The Morgan fingerprint density at radius 3 is 2.73 bits per heavy atom. The van der Waals surface area contributed by atoms with Crippen LogP contribution in [0.25, 0.3) is 0 Å². The lowest BCUT2D eigenvalue weighted by Crippen LogP contribution is -2.36. The van der Waals surface area contributed by atoms with E-state index in [0.29, 0.717) is 17.9 Å². The molecule has 0 bridgehead atoms. The minimum atomic E-state index is -4.48. The second kappa shape index (κ2) is 9.62. The fraction of sp³-hybridized carbons (Fsp3) is 0.333. The molecule has 160 valence electrons. The predicted molar refractivity (Wildman–Crippen MR) is 107 cm³/mol. The van der Waals surface area contributed by atoms with Gasteiger partial charge in [-0.25, -0.2) is 4.99 Å². The number of carbonyl (C=O) groups is 1. The van der Waals surface area contributed by atoms with E-state index >= 15 is 0 Å². The number of amides is 1. The lowest BCUT2D eigenvalue weighted by atomic mass is 10.2. The van der Waals surface area contributed by atoms with Gasteiger partial charge in [-0.3, -0.25) is 10.1 Å². The van der Waals surface area contributed by atoms with E-state index in [9.17, 15) is 18.0 Å². The lowest BCUT2D eigenvalue weighted by molar-refractivity contribution is -0.137. The van der Waals surface area contributed by atoms with Gasteiger partial charge in [0.05, 0.1) is 25.3 Å². The minimum absolute atomic E-state index is 0.0395. The fourth-order valence-corrected chi connectivity index (χ4v) is 2.95. The van der Waals surface area contributed by atoms with Crippen molar-refractivity contribution in [1.29, 1.82) is 0 Å². The first-order valence-corrected chi connectivity index (χ1v) is 9.41. The van der Waals surface area contributed by atoms with Gasteiger partial charge in [-0.2, -0.15) is 13.2 Å². The second-order valence-electron chi connectivity index (χ2n) is 6.71. The molecule has 1 atom stereocenters. The molecule has 9 heteroatoms. The van der Waals surface area contributed by atoms with E-state index in [1.807, 2.05) is 0 Å². The quantitative estimate of drug-likeness (QED) is 0.564. The molecule has 0 unspecified atom stereocenters. The molecule has 1 saturated heterocycles. The molecule has 2 aromatic carbocycles. The average Bonchev–Trinajstić information content (AvgIpc) is 3.25. The number of hydrogen-bond donors (Lipinski definition) is 2. The number of alkyl halides is 3. The molecule has 1 fully saturated rings. The van der Waals surface area contributed by atoms with E-state index in [2.05, 4.69) is 15.6 Å². The largest absolute Gasteiger partial charge is 0.497 e. The van der Waals surface area contributed by atoms with E-state index in [4.69, 9.17) is 9.47 Å². The molecule has 1 amide bonds. The average molecular weight is 421 g/mol. The highest BCUT2D eigenvalue weighted by atomic mass is 19.4. The number of guanidine groups is 1. The Morgan fingerprint density at radius 2 is 2.03 bits per heavy atom. The Morgan fingerprint density at radius 1 is 1.23 bits per heavy atom. The summed E-state index contributed by atoms with van der Waals surface area (Å²) in [6, 6.07) is 11.2. The number of carbonyl (C=O) groups excluding carboxylic acids is 1. The number of nitrogens with one attached hydrogen (secondary N) is 2. The Labute approximate surface area is 172 Å². The summed E-state index contributed by atoms with van der Waals surface area (Å²) in [5.74, 6) is 0.0726. The molecular weight excluding hydrogens is 399 g/mol. The first-order valence-electron chi connectivity index (χ1n) is 9.41. The van der Waals surface area contributed by atoms with Crippen LogP contribution in [-0.4, -0.2) is 38.2 Å². The van der Waals surface area contributed by atoms with Crippen LogP contribution in [0.15, 0.2) is 53.5 Å². The Balaban J connectivity index is 1.79. The summed E-state index contributed by atoms with van der Waals surface area (Å²) in [6.45, 7) is 0.923. The number of halogens is 3.